The van der Waals surface area contributed by atoms with Crippen molar-refractivity contribution in [2.75, 3.05) is 49.5 Å². The van der Waals surface area contributed by atoms with Gasteiger partial charge in [0.15, 0.2) is 11.6 Å². The van der Waals surface area contributed by atoms with E-state index >= 15 is 0 Å². The fourth-order valence-corrected chi connectivity index (χ4v) is 4.74. The highest BCUT2D eigenvalue weighted by molar-refractivity contribution is 5.80. The quantitative estimate of drug-likeness (QED) is 0.724. The first-order valence-corrected chi connectivity index (χ1v) is 11.2. The molecule has 4 heterocycles. The smallest absolute Gasteiger partial charge is 0.227 e. The number of nitrogens with one attached hydrogen (secondary N) is 1. The van der Waals surface area contributed by atoms with E-state index in [1.165, 1.54) is 6.20 Å². The zero-order chi connectivity index (χ0) is 22.0. The Balaban J connectivity index is 1.39. The Hall–Kier alpha value is -2.49. The summed E-state index contributed by atoms with van der Waals surface area (Å²) in [4.78, 5) is 38.2. The van der Waals surface area contributed by atoms with E-state index in [1.54, 1.807) is 11.8 Å². The van der Waals surface area contributed by atoms with Crippen LogP contribution in [-0.2, 0) is 9.59 Å². The van der Waals surface area contributed by atoms with E-state index in [4.69, 9.17) is 0 Å². The lowest BCUT2D eigenvalue weighted by Gasteiger charge is -2.35. The number of β-amino-alcohol motifs (C(OH)–C–C–N with tert-alkyl or cyclic N) is 1. The summed E-state index contributed by atoms with van der Waals surface area (Å²) in [5, 5.41) is 13.0. The minimum atomic E-state index is -0.498. The Kier molecular flexibility index (Phi) is 6.54. The fourth-order valence-electron chi connectivity index (χ4n) is 4.74. The maximum atomic E-state index is 14.6. The number of rotatable bonds is 4. The van der Waals surface area contributed by atoms with Crippen LogP contribution >= 0.6 is 0 Å². The van der Waals surface area contributed by atoms with Crippen molar-refractivity contribution in [1.29, 1.82) is 0 Å². The number of hydrogen-bond acceptors (Lipinski definition) is 7. The molecule has 0 unspecified atom stereocenters. The van der Waals surface area contributed by atoms with Crippen LogP contribution in [0.1, 0.15) is 39.0 Å². The number of aliphatic hydroxyl groups is 1. The average Bonchev–Trinajstić information content (AvgIpc) is 3.21. The van der Waals surface area contributed by atoms with Crippen LogP contribution in [0, 0.1) is 11.7 Å². The van der Waals surface area contributed by atoms with E-state index in [-0.39, 0.29) is 29.6 Å². The number of carbonyl (C=O) groups is 2. The van der Waals surface area contributed by atoms with Crippen molar-refractivity contribution < 1.29 is 19.1 Å². The number of aliphatic hydroxyl groups excluding tert-OH is 1. The van der Waals surface area contributed by atoms with Crippen LogP contribution in [0.15, 0.2) is 6.20 Å². The van der Waals surface area contributed by atoms with Gasteiger partial charge in [0.1, 0.15) is 0 Å². The summed E-state index contributed by atoms with van der Waals surface area (Å²) in [7, 11) is 0. The highest BCUT2D eigenvalue weighted by atomic mass is 19.1. The average molecular weight is 435 g/mol. The lowest BCUT2D eigenvalue weighted by Crippen LogP contribution is -2.45. The molecule has 0 radical (unpaired) electrons. The molecular weight excluding hydrogens is 403 g/mol. The number of nitrogens with zero attached hydrogens (tertiary/aromatic N) is 5. The summed E-state index contributed by atoms with van der Waals surface area (Å²) in [6.07, 6.45) is 4.46. The van der Waals surface area contributed by atoms with E-state index < -0.39 is 11.9 Å². The van der Waals surface area contributed by atoms with Crippen LogP contribution in [0.4, 0.5) is 16.2 Å². The largest absolute Gasteiger partial charge is 0.391 e. The third-order valence-electron chi connectivity index (χ3n) is 6.54. The topological polar surface area (TPSA) is 102 Å². The van der Waals surface area contributed by atoms with Crippen LogP contribution in [0.5, 0.6) is 0 Å². The fraction of sp³-hybridized carbons (Fsp3) is 0.714. The summed E-state index contributed by atoms with van der Waals surface area (Å²) in [5.74, 6) is -0.0171. The Morgan fingerprint density at radius 1 is 1.10 bits per heavy atom. The first kappa shape index (κ1) is 21.7. The standard InChI is InChI=1S/C21H31FN6O3/c1-14(29)26-8-4-16(5-9-26)24-21-23-11-18(22)19(25-21)27-7-2-3-15(12-27)20(31)28-10-6-17(30)13-28/h11,15-17,30H,2-10,12-13H2,1H3,(H,23,24,25)/t15-,17+/m0/s1. The zero-order valence-corrected chi connectivity index (χ0v) is 18.0. The number of anilines is 2. The molecule has 0 aliphatic carbocycles. The lowest BCUT2D eigenvalue weighted by molar-refractivity contribution is -0.135. The molecule has 2 atom stereocenters. The Bertz CT molecular complexity index is 816. The minimum absolute atomic E-state index is 0.0336. The molecule has 10 heteroatoms. The normalized spacial score (nSPS) is 25.1. The van der Waals surface area contributed by atoms with Crippen LogP contribution < -0.4 is 10.2 Å². The second kappa shape index (κ2) is 9.33. The molecule has 1 aromatic heterocycles. The van der Waals surface area contributed by atoms with Crippen molar-refractivity contribution in [3.05, 3.63) is 12.0 Å². The molecule has 0 spiro atoms. The predicted molar refractivity (Wildman–Crippen MR) is 113 cm³/mol. The molecule has 2 amide bonds. The van der Waals surface area contributed by atoms with Crippen LogP contribution in [0.3, 0.4) is 0 Å². The number of halogens is 1. The molecule has 0 bridgehead atoms. The molecule has 1 aromatic rings. The van der Waals surface area contributed by atoms with E-state index in [2.05, 4.69) is 15.3 Å². The van der Waals surface area contributed by atoms with Gasteiger partial charge in [0.05, 0.1) is 18.2 Å². The molecule has 3 aliphatic rings. The number of amides is 2. The van der Waals surface area contributed by atoms with E-state index in [9.17, 15) is 19.1 Å². The minimum Gasteiger partial charge on any atom is -0.391 e. The van der Waals surface area contributed by atoms with Gasteiger partial charge in [-0.05, 0) is 32.1 Å². The van der Waals surface area contributed by atoms with Gasteiger partial charge in [-0.15, -0.1) is 0 Å². The predicted octanol–water partition coefficient (Wildman–Crippen LogP) is 0.848. The second-order valence-corrected chi connectivity index (χ2v) is 8.80. The highest BCUT2D eigenvalue weighted by Gasteiger charge is 2.34. The molecule has 3 aliphatic heterocycles. The van der Waals surface area contributed by atoms with Gasteiger partial charge >= 0.3 is 0 Å². The van der Waals surface area contributed by atoms with E-state index in [0.29, 0.717) is 51.6 Å². The molecule has 9 nitrogen and oxygen atoms in total. The van der Waals surface area contributed by atoms with Crippen molar-refractivity contribution in [1.82, 2.24) is 19.8 Å². The second-order valence-electron chi connectivity index (χ2n) is 8.80. The molecule has 3 saturated heterocycles. The summed E-state index contributed by atoms with van der Waals surface area (Å²) < 4.78 is 14.6. The Morgan fingerprint density at radius 2 is 1.84 bits per heavy atom. The molecule has 0 aromatic carbocycles. The zero-order valence-electron chi connectivity index (χ0n) is 18.0. The number of likely N-dealkylation sites (tertiary alicyclic amines) is 2. The Labute approximate surface area is 181 Å². The molecular formula is C21H31FN6O3. The number of piperidine rings is 2. The van der Waals surface area contributed by atoms with E-state index in [1.807, 2.05) is 9.80 Å². The molecule has 0 saturated carbocycles. The summed E-state index contributed by atoms with van der Waals surface area (Å²) in [5.41, 5.74) is 0. The lowest BCUT2D eigenvalue weighted by atomic mass is 9.96. The molecule has 170 valence electrons. The van der Waals surface area contributed by atoms with Crippen molar-refractivity contribution >= 4 is 23.6 Å². The maximum Gasteiger partial charge on any atom is 0.227 e. The van der Waals surface area contributed by atoms with Gasteiger partial charge in [-0.2, -0.15) is 4.98 Å². The number of aromatic nitrogens is 2. The van der Waals surface area contributed by atoms with Gasteiger partial charge in [0, 0.05) is 52.2 Å². The van der Waals surface area contributed by atoms with E-state index in [0.717, 1.165) is 25.7 Å². The van der Waals surface area contributed by atoms with Crippen molar-refractivity contribution in [3.8, 4) is 0 Å². The third-order valence-corrected chi connectivity index (χ3v) is 6.54. The Morgan fingerprint density at radius 3 is 2.52 bits per heavy atom. The van der Waals surface area contributed by atoms with Gasteiger partial charge in [-0.3, -0.25) is 9.59 Å². The van der Waals surface area contributed by atoms with Gasteiger partial charge in [-0.1, -0.05) is 0 Å². The number of hydrogen-bond donors (Lipinski definition) is 2. The maximum absolute atomic E-state index is 14.6. The van der Waals surface area contributed by atoms with Crippen LogP contribution in [0.2, 0.25) is 0 Å². The molecule has 3 fully saturated rings. The van der Waals surface area contributed by atoms with Gasteiger partial charge in [0.2, 0.25) is 17.8 Å². The first-order valence-electron chi connectivity index (χ1n) is 11.2. The number of carbonyl (C=O) groups excluding carboxylic acids is 2. The van der Waals surface area contributed by atoms with Crippen LogP contribution in [-0.4, -0.2) is 88.1 Å². The van der Waals surface area contributed by atoms with Crippen molar-refractivity contribution in [2.24, 2.45) is 5.92 Å². The first-order chi connectivity index (χ1) is 14.9. The summed E-state index contributed by atoms with van der Waals surface area (Å²) >= 11 is 0. The SMILES string of the molecule is CC(=O)N1CCC(Nc2ncc(F)c(N3CCC[C@H](C(=O)N4CC[C@@H](O)C4)C3)n2)CC1. The highest BCUT2D eigenvalue weighted by Crippen LogP contribution is 2.27. The van der Waals surface area contributed by atoms with Crippen LogP contribution in [0.25, 0.3) is 0 Å². The van der Waals surface area contributed by atoms with Gasteiger partial charge in [-0.25, -0.2) is 9.37 Å². The third kappa shape index (κ3) is 5.06. The molecule has 4 rings (SSSR count). The van der Waals surface area contributed by atoms with Gasteiger partial charge < -0.3 is 25.1 Å². The van der Waals surface area contributed by atoms with Crippen molar-refractivity contribution in [2.45, 2.75) is 51.2 Å². The molecule has 2 N–H and O–H groups in total. The monoisotopic (exact) mass is 434 g/mol. The summed E-state index contributed by atoms with van der Waals surface area (Å²) in [6, 6.07) is 0.131. The molecule has 31 heavy (non-hydrogen) atoms. The summed E-state index contributed by atoms with van der Waals surface area (Å²) in [6.45, 7) is 4.95. The van der Waals surface area contributed by atoms with Crippen molar-refractivity contribution in [3.63, 3.8) is 0 Å². The van der Waals surface area contributed by atoms with Gasteiger partial charge in [0.25, 0.3) is 0 Å².